The summed E-state index contributed by atoms with van der Waals surface area (Å²) in [6.07, 6.45) is 3.59. The SMILES string of the molecule is Cc1ccc(C2=C/C(=C/c3ccc(Cl)cc3)C(=O)O2)c(C)c1. The molecule has 0 saturated heterocycles. The van der Waals surface area contributed by atoms with Crippen LogP contribution in [-0.2, 0) is 9.53 Å². The summed E-state index contributed by atoms with van der Waals surface area (Å²) in [6, 6.07) is 13.4. The minimum atomic E-state index is -0.329. The molecular formula is C19H15ClO2. The molecule has 3 heteroatoms. The predicted octanol–water partition coefficient (Wildman–Crippen LogP) is 4.94. The second-order valence-corrected chi connectivity index (χ2v) is 5.80. The molecule has 0 N–H and O–H groups in total. The maximum Gasteiger partial charge on any atom is 0.343 e. The monoisotopic (exact) mass is 310 g/mol. The Morgan fingerprint density at radius 1 is 1.05 bits per heavy atom. The lowest BCUT2D eigenvalue weighted by atomic mass is 10.0. The Labute approximate surface area is 134 Å². The first-order valence-electron chi connectivity index (χ1n) is 7.02. The van der Waals surface area contributed by atoms with Gasteiger partial charge in [0.1, 0.15) is 5.76 Å². The van der Waals surface area contributed by atoms with Crippen molar-refractivity contribution in [2.45, 2.75) is 13.8 Å². The molecule has 2 aromatic rings. The maximum absolute atomic E-state index is 12.0. The first-order valence-corrected chi connectivity index (χ1v) is 7.39. The van der Waals surface area contributed by atoms with E-state index in [0.717, 1.165) is 16.7 Å². The minimum Gasteiger partial charge on any atom is -0.422 e. The van der Waals surface area contributed by atoms with Gasteiger partial charge in [0.2, 0.25) is 0 Å². The predicted molar refractivity (Wildman–Crippen MR) is 89.4 cm³/mol. The molecule has 1 aliphatic heterocycles. The zero-order chi connectivity index (χ0) is 15.7. The van der Waals surface area contributed by atoms with Crippen LogP contribution in [0.2, 0.25) is 5.02 Å². The van der Waals surface area contributed by atoms with Gasteiger partial charge in [0, 0.05) is 10.6 Å². The summed E-state index contributed by atoms with van der Waals surface area (Å²) in [4.78, 5) is 12.0. The van der Waals surface area contributed by atoms with Gasteiger partial charge in [0.05, 0.1) is 5.57 Å². The van der Waals surface area contributed by atoms with Gasteiger partial charge in [-0.05, 0) is 49.3 Å². The standard InChI is InChI=1S/C19H15ClO2/c1-12-3-8-17(13(2)9-12)18-11-15(19(21)22-18)10-14-4-6-16(20)7-5-14/h3-11H,1-2H3/b15-10-. The molecule has 0 bridgehead atoms. The fraction of sp³-hybridized carbons (Fsp3) is 0.105. The van der Waals surface area contributed by atoms with Crippen molar-refractivity contribution >= 4 is 29.4 Å². The van der Waals surface area contributed by atoms with Crippen LogP contribution < -0.4 is 0 Å². The number of ether oxygens (including phenoxy) is 1. The molecule has 2 aromatic carbocycles. The molecular weight excluding hydrogens is 296 g/mol. The number of aryl methyl sites for hydroxylation is 2. The summed E-state index contributed by atoms with van der Waals surface area (Å²) in [6.45, 7) is 4.05. The Bertz CT molecular complexity index is 799. The number of esters is 1. The number of cyclic esters (lactones) is 1. The summed E-state index contributed by atoms with van der Waals surface area (Å²) >= 11 is 5.87. The molecule has 0 fully saturated rings. The molecule has 2 nitrogen and oxygen atoms in total. The van der Waals surface area contributed by atoms with E-state index < -0.39 is 0 Å². The first kappa shape index (κ1) is 14.6. The lowest BCUT2D eigenvalue weighted by molar-refractivity contribution is -0.130. The maximum atomic E-state index is 12.0. The van der Waals surface area contributed by atoms with Crippen molar-refractivity contribution in [1.29, 1.82) is 0 Å². The van der Waals surface area contributed by atoms with Gasteiger partial charge in [-0.15, -0.1) is 0 Å². The van der Waals surface area contributed by atoms with E-state index in [0.29, 0.717) is 16.4 Å². The van der Waals surface area contributed by atoms with Crippen LogP contribution in [0.25, 0.3) is 11.8 Å². The first-order chi connectivity index (χ1) is 10.5. The van der Waals surface area contributed by atoms with Crippen LogP contribution in [0.5, 0.6) is 0 Å². The Kier molecular flexibility index (Phi) is 3.86. The number of halogens is 1. The van der Waals surface area contributed by atoms with Crippen molar-refractivity contribution < 1.29 is 9.53 Å². The van der Waals surface area contributed by atoms with E-state index in [4.69, 9.17) is 16.3 Å². The van der Waals surface area contributed by atoms with E-state index in [2.05, 4.69) is 6.07 Å². The lowest BCUT2D eigenvalue weighted by Crippen LogP contribution is -1.98. The largest absolute Gasteiger partial charge is 0.422 e. The molecule has 110 valence electrons. The van der Waals surface area contributed by atoms with E-state index in [1.54, 1.807) is 24.3 Å². The molecule has 1 aliphatic rings. The van der Waals surface area contributed by atoms with Crippen molar-refractivity contribution in [2.24, 2.45) is 0 Å². The van der Waals surface area contributed by atoms with Crippen LogP contribution in [0.1, 0.15) is 22.3 Å². The fourth-order valence-corrected chi connectivity index (χ4v) is 2.58. The van der Waals surface area contributed by atoms with Crippen LogP contribution in [0.4, 0.5) is 0 Å². The quantitative estimate of drug-likeness (QED) is 0.580. The topological polar surface area (TPSA) is 26.3 Å². The average molecular weight is 311 g/mol. The summed E-state index contributed by atoms with van der Waals surface area (Å²) in [7, 11) is 0. The van der Waals surface area contributed by atoms with E-state index in [-0.39, 0.29) is 5.97 Å². The second kappa shape index (κ2) is 5.82. The molecule has 1 heterocycles. The lowest BCUT2D eigenvalue weighted by Gasteiger charge is -2.06. The van der Waals surface area contributed by atoms with Crippen LogP contribution in [0, 0.1) is 13.8 Å². The van der Waals surface area contributed by atoms with Gasteiger partial charge in [-0.25, -0.2) is 4.79 Å². The third-order valence-electron chi connectivity index (χ3n) is 3.56. The summed E-state index contributed by atoms with van der Waals surface area (Å²) in [5.41, 5.74) is 4.67. The molecule has 0 radical (unpaired) electrons. The van der Waals surface area contributed by atoms with Crippen LogP contribution in [0.15, 0.2) is 54.1 Å². The molecule has 0 unspecified atom stereocenters. The van der Waals surface area contributed by atoms with Crippen LogP contribution >= 0.6 is 11.6 Å². The normalized spacial score (nSPS) is 15.9. The molecule has 3 rings (SSSR count). The number of carbonyl (C=O) groups is 1. The smallest absolute Gasteiger partial charge is 0.343 e. The molecule has 0 atom stereocenters. The van der Waals surface area contributed by atoms with Gasteiger partial charge < -0.3 is 4.74 Å². The minimum absolute atomic E-state index is 0.329. The zero-order valence-electron chi connectivity index (χ0n) is 12.4. The van der Waals surface area contributed by atoms with E-state index in [9.17, 15) is 4.79 Å². The molecule has 0 aliphatic carbocycles. The van der Waals surface area contributed by atoms with E-state index >= 15 is 0 Å². The van der Waals surface area contributed by atoms with Crippen molar-refractivity contribution in [3.63, 3.8) is 0 Å². The van der Waals surface area contributed by atoms with E-state index in [1.807, 2.05) is 38.1 Å². The Morgan fingerprint density at radius 3 is 2.45 bits per heavy atom. The molecule has 22 heavy (non-hydrogen) atoms. The number of carbonyl (C=O) groups excluding carboxylic acids is 1. The molecule has 0 aromatic heterocycles. The highest BCUT2D eigenvalue weighted by atomic mass is 35.5. The van der Waals surface area contributed by atoms with Gasteiger partial charge in [-0.2, -0.15) is 0 Å². The Balaban J connectivity index is 1.96. The Morgan fingerprint density at radius 2 is 1.77 bits per heavy atom. The fourth-order valence-electron chi connectivity index (χ4n) is 2.45. The highest BCUT2D eigenvalue weighted by Crippen LogP contribution is 2.29. The van der Waals surface area contributed by atoms with Gasteiger partial charge in [-0.3, -0.25) is 0 Å². The van der Waals surface area contributed by atoms with Crippen molar-refractivity contribution in [2.75, 3.05) is 0 Å². The van der Waals surface area contributed by atoms with Gasteiger partial charge in [0.25, 0.3) is 0 Å². The number of hydrogen-bond donors (Lipinski definition) is 0. The number of hydrogen-bond acceptors (Lipinski definition) is 2. The van der Waals surface area contributed by atoms with Crippen molar-refractivity contribution in [3.05, 3.63) is 81.4 Å². The molecule has 0 spiro atoms. The zero-order valence-corrected chi connectivity index (χ0v) is 13.1. The molecule has 0 amide bonds. The van der Waals surface area contributed by atoms with E-state index in [1.165, 1.54) is 5.56 Å². The number of benzene rings is 2. The average Bonchev–Trinajstić information content (AvgIpc) is 2.82. The highest BCUT2D eigenvalue weighted by molar-refractivity contribution is 6.30. The number of rotatable bonds is 2. The summed E-state index contributed by atoms with van der Waals surface area (Å²) in [5, 5.41) is 0.669. The van der Waals surface area contributed by atoms with Gasteiger partial charge in [0.15, 0.2) is 0 Å². The third kappa shape index (κ3) is 2.97. The van der Waals surface area contributed by atoms with Crippen LogP contribution in [0.3, 0.4) is 0 Å². The molecule has 0 saturated carbocycles. The Hall–Kier alpha value is -2.32. The second-order valence-electron chi connectivity index (χ2n) is 5.37. The highest BCUT2D eigenvalue weighted by Gasteiger charge is 2.22. The van der Waals surface area contributed by atoms with Crippen molar-refractivity contribution in [1.82, 2.24) is 0 Å². The van der Waals surface area contributed by atoms with Crippen molar-refractivity contribution in [3.8, 4) is 0 Å². The van der Waals surface area contributed by atoms with Gasteiger partial charge in [-0.1, -0.05) is 47.5 Å². The van der Waals surface area contributed by atoms with Crippen LogP contribution in [-0.4, -0.2) is 5.97 Å². The third-order valence-corrected chi connectivity index (χ3v) is 3.82. The summed E-state index contributed by atoms with van der Waals surface area (Å²) < 4.78 is 5.40. The van der Waals surface area contributed by atoms with Gasteiger partial charge >= 0.3 is 5.97 Å². The summed E-state index contributed by atoms with van der Waals surface area (Å²) in [5.74, 6) is 0.271.